The lowest BCUT2D eigenvalue weighted by Gasteiger charge is -2.06. The largest absolute Gasteiger partial charge is 0.392 e. The summed E-state index contributed by atoms with van der Waals surface area (Å²) >= 11 is 0. The van der Waals surface area contributed by atoms with Gasteiger partial charge in [-0.15, -0.1) is 0 Å². The molecule has 0 aliphatic heterocycles. The van der Waals surface area contributed by atoms with Crippen LogP contribution in [0.15, 0.2) is 24.3 Å². The van der Waals surface area contributed by atoms with E-state index in [9.17, 15) is 0 Å². The average Bonchev–Trinajstić information content (AvgIpc) is 2.15. The Bertz CT molecular complexity index is 241. The van der Waals surface area contributed by atoms with Crippen molar-refractivity contribution in [2.45, 2.75) is 26.4 Å². The fraction of sp³-hybridized carbons (Fsp3) is 0.400. The predicted molar refractivity (Wildman–Crippen MR) is 48.8 cm³/mol. The minimum Gasteiger partial charge on any atom is -0.392 e. The first kappa shape index (κ1) is 10.2. The van der Waals surface area contributed by atoms with Gasteiger partial charge in [0.1, 0.15) is 0 Å². The van der Waals surface area contributed by atoms with Gasteiger partial charge in [-0.1, -0.05) is 24.3 Å². The van der Waals surface area contributed by atoms with Gasteiger partial charge in [-0.05, 0) is 18.1 Å². The Labute approximate surface area is 77.6 Å². The van der Waals surface area contributed by atoms with Crippen LogP contribution in [-0.2, 0) is 18.0 Å². The quantitative estimate of drug-likeness (QED) is 0.684. The summed E-state index contributed by atoms with van der Waals surface area (Å²) in [5, 5.41) is 17.6. The molecule has 13 heavy (non-hydrogen) atoms. The summed E-state index contributed by atoms with van der Waals surface area (Å²) in [6, 6.07) is 7.41. The molecule has 1 aromatic rings. The monoisotopic (exact) mass is 182 g/mol. The van der Waals surface area contributed by atoms with Gasteiger partial charge in [0.15, 0.2) is 6.29 Å². The van der Waals surface area contributed by atoms with Crippen LogP contribution < -0.4 is 0 Å². The zero-order valence-electron chi connectivity index (χ0n) is 7.60. The van der Waals surface area contributed by atoms with Gasteiger partial charge in [0.05, 0.1) is 13.2 Å². The molecule has 0 fully saturated rings. The van der Waals surface area contributed by atoms with Crippen molar-refractivity contribution < 1.29 is 14.9 Å². The first-order valence-electron chi connectivity index (χ1n) is 4.20. The van der Waals surface area contributed by atoms with Crippen molar-refractivity contribution in [1.82, 2.24) is 0 Å². The highest BCUT2D eigenvalue weighted by Gasteiger charge is 1.97. The van der Waals surface area contributed by atoms with Crippen LogP contribution >= 0.6 is 0 Å². The van der Waals surface area contributed by atoms with E-state index in [0.29, 0.717) is 6.61 Å². The number of rotatable bonds is 4. The molecule has 1 rings (SSSR count). The van der Waals surface area contributed by atoms with Crippen LogP contribution in [0, 0.1) is 0 Å². The van der Waals surface area contributed by atoms with E-state index in [1.165, 1.54) is 0 Å². The Morgan fingerprint density at radius 3 is 2.23 bits per heavy atom. The molecular formula is C10H14O3. The minimum absolute atomic E-state index is 0.0531. The smallest absolute Gasteiger partial charge is 0.152 e. The van der Waals surface area contributed by atoms with Crippen molar-refractivity contribution in [2.24, 2.45) is 0 Å². The first-order valence-corrected chi connectivity index (χ1v) is 4.20. The summed E-state index contributed by atoms with van der Waals surface area (Å²) in [5.74, 6) is 0. The molecule has 0 saturated heterocycles. The third kappa shape index (κ3) is 3.55. The Balaban J connectivity index is 2.49. The van der Waals surface area contributed by atoms with E-state index in [1.54, 1.807) is 6.92 Å². The zero-order chi connectivity index (χ0) is 9.68. The molecule has 3 nitrogen and oxygen atoms in total. The van der Waals surface area contributed by atoms with Crippen LogP contribution in [0.5, 0.6) is 0 Å². The second-order valence-corrected chi connectivity index (χ2v) is 2.88. The molecule has 0 aromatic heterocycles. The van der Waals surface area contributed by atoms with Gasteiger partial charge in [-0.25, -0.2) is 0 Å². The van der Waals surface area contributed by atoms with Crippen LogP contribution in [0.3, 0.4) is 0 Å². The highest BCUT2D eigenvalue weighted by molar-refractivity contribution is 5.21. The number of hydrogen-bond acceptors (Lipinski definition) is 3. The molecule has 1 unspecified atom stereocenters. The normalized spacial score (nSPS) is 12.8. The SMILES string of the molecule is CC(O)OCc1ccc(CO)cc1. The van der Waals surface area contributed by atoms with Gasteiger partial charge in [-0.3, -0.25) is 0 Å². The van der Waals surface area contributed by atoms with E-state index in [0.717, 1.165) is 11.1 Å². The van der Waals surface area contributed by atoms with Gasteiger partial charge in [0.25, 0.3) is 0 Å². The van der Waals surface area contributed by atoms with Crippen LogP contribution in [-0.4, -0.2) is 16.5 Å². The lowest BCUT2D eigenvalue weighted by Crippen LogP contribution is -2.05. The summed E-state index contributed by atoms with van der Waals surface area (Å²) in [6.45, 7) is 2.02. The van der Waals surface area contributed by atoms with E-state index < -0.39 is 6.29 Å². The molecule has 0 bridgehead atoms. The molecule has 1 atom stereocenters. The molecule has 1 aromatic carbocycles. The van der Waals surface area contributed by atoms with Crippen molar-refractivity contribution in [1.29, 1.82) is 0 Å². The molecule has 3 heteroatoms. The van der Waals surface area contributed by atoms with E-state index >= 15 is 0 Å². The highest BCUT2D eigenvalue weighted by atomic mass is 16.6. The maximum atomic E-state index is 8.85. The Morgan fingerprint density at radius 1 is 1.23 bits per heavy atom. The fourth-order valence-corrected chi connectivity index (χ4v) is 0.958. The lowest BCUT2D eigenvalue weighted by atomic mass is 10.1. The summed E-state index contributed by atoms with van der Waals surface area (Å²) in [4.78, 5) is 0. The summed E-state index contributed by atoms with van der Waals surface area (Å²) < 4.78 is 4.99. The number of benzene rings is 1. The van der Waals surface area contributed by atoms with Gasteiger partial charge >= 0.3 is 0 Å². The van der Waals surface area contributed by atoms with Crippen LogP contribution in [0.2, 0.25) is 0 Å². The minimum atomic E-state index is -0.738. The third-order valence-electron chi connectivity index (χ3n) is 1.70. The van der Waals surface area contributed by atoms with Crippen molar-refractivity contribution in [3.8, 4) is 0 Å². The van der Waals surface area contributed by atoms with Crippen molar-refractivity contribution >= 4 is 0 Å². The van der Waals surface area contributed by atoms with Crippen molar-refractivity contribution in [3.05, 3.63) is 35.4 Å². The van der Waals surface area contributed by atoms with E-state index in [4.69, 9.17) is 14.9 Å². The standard InChI is InChI=1S/C10H14O3/c1-8(12)13-7-10-4-2-9(6-11)3-5-10/h2-5,8,11-12H,6-7H2,1H3. The highest BCUT2D eigenvalue weighted by Crippen LogP contribution is 2.06. The van der Waals surface area contributed by atoms with Crippen LogP contribution in [0.25, 0.3) is 0 Å². The second-order valence-electron chi connectivity index (χ2n) is 2.88. The van der Waals surface area contributed by atoms with E-state index in [-0.39, 0.29) is 6.61 Å². The summed E-state index contributed by atoms with van der Waals surface area (Å²) in [6.07, 6.45) is -0.738. The molecule has 0 spiro atoms. The topological polar surface area (TPSA) is 49.7 Å². The van der Waals surface area contributed by atoms with Crippen LogP contribution in [0.4, 0.5) is 0 Å². The Morgan fingerprint density at radius 2 is 1.77 bits per heavy atom. The molecule has 0 heterocycles. The molecule has 0 saturated carbocycles. The van der Waals surface area contributed by atoms with Crippen LogP contribution in [0.1, 0.15) is 18.1 Å². The summed E-state index contributed by atoms with van der Waals surface area (Å²) in [7, 11) is 0. The maximum Gasteiger partial charge on any atom is 0.152 e. The molecule has 0 aliphatic carbocycles. The molecule has 0 radical (unpaired) electrons. The Hall–Kier alpha value is -0.900. The number of hydrogen-bond donors (Lipinski definition) is 2. The predicted octanol–water partition coefficient (Wildman–Crippen LogP) is 1.03. The summed E-state index contributed by atoms with van der Waals surface area (Å²) in [5.41, 5.74) is 1.86. The van der Waals surface area contributed by atoms with E-state index in [2.05, 4.69) is 0 Å². The third-order valence-corrected chi connectivity index (χ3v) is 1.70. The van der Waals surface area contributed by atoms with Crippen molar-refractivity contribution in [3.63, 3.8) is 0 Å². The molecule has 72 valence electrons. The second kappa shape index (κ2) is 4.97. The lowest BCUT2D eigenvalue weighted by molar-refractivity contribution is -0.0939. The molecule has 0 amide bonds. The fourth-order valence-electron chi connectivity index (χ4n) is 0.958. The van der Waals surface area contributed by atoms with Crippen molar-refractivity contribution in [2.75, 3.05) is 0 Å². The van der Waals surface area contributed by atoms with Gasteiger partial charge in [-0.2, -0.15) is 0 Å². The number of ether oxygens (including phenoxy) is 1. The Kier molecular flexibility index (Phi) is 3.89. The van der Waals surface area contributed by atoms with E-state index in [1.807, 2.05) is 24.3 Å². The zero-order valence-corrected chi connectivity index (χ0v) is 7.60. The maximum absolute atomic E-state index is 8.85. The number of aliphatic hydroxyl groups is 2. The van der Waals surface area contributed by atoms with Gasteiger partial charge < -0.3 is 14.9 Å². The molecule has 0 aliphatic rings. The average molecular weight is 182 g/mol. The van der Waals surface area contributed by atoms with Gasteiger partial charge in [0, 0.05) is 0 Å². The first-order chi connectivity index (χ1) is 6.22. The molecular weight excluding hydrogens is 168 g/mol. The molecule has 2 N–H and O–H groups in total. The van der Waals surface area contributed by atoms with Gasteiger partial charge in [0.2, 0.25) is 0 Å². The number of aliphatic hydroxyl groups excluding tert-OH is 2.